The molecule has 2 aromatic rings. The number of benzene rings is 2. The predicted octanol–water partition coefficient (Wildman–Crippen LogP) is 2.59. The quantitative estimate of drug-likeness (QED) is 0.604. The highest BCUT2D eigenvalue weighted by molar-refractivity contribution is 7.86. The zero-order valence-electron chi connectivity index (χ0n) is 12.3. The monoisotopic (exact) mass is 320 g/mol. The molecule has 0 bridgehead atoms. The second-order valence-electron chi connectivity index (χ2n) is 4.64. The summed E-state index contributed by atoms with van der Waals surface area (Å²) < 4.78 is 34.2. The van der Waals surface area contributed by atoms with E-state index in [1.807, 2.05) is 0 Å². The summed E-state index contributed by atoms with van der Waals surface area (Å²) in [6.45, 7) is 1.26. The van der Waals surface area contributed by atoms with E-state index in [-0.39, 0.29) is 4.90 Å². The molecule has 0 aliphatic rings. The minimum absolute atomic E-state index is 0.0455. The average Bonchev–Trinajstić information content (AvgIpc) is 2.53. The van der Waals surface area contributed by atoms with E-state index in [1.165, 1.54) is 19.2 Å². The number of aryl methyl sites for hydroxylation is 1. The van der Waals surface area contributed by atoms with Crippen LogP contribution in [0.2, 0.25) is 0 Å². The van der Waals surface area contributed by atoms with Crippen molar-refractivity contribution in [3.05, 3.63) is 59.7 Å². The third-order valence-corrected chi connectivity index (χ3v) is 4.37. The van der Waals surface area contributed by atoms with Gasteiger partial charge in [0, 0.05) is 11.6 Å². The first-order chi connectivity index (χ1) is 10.4. The molecule has 0 saturated carbocycles. The molecule has 0 atom stereocenters. The molecule has 0 aliphatic carbocycles. The van der Waals surface area contributed by atoms with Crippen molar-refractivity contribution >= 4 is 15.9 Å². The Morgan fingerprint density at radius 2 is 1.77 bits per heavy atom. The van der Waals surface area contributed by atoms with Gasteiger partial charge in [-0.1, -0.05) is 36.4 Å². The lowest BCUT2D eigenvalue weighted by Crippen LogP contribution is -2.15. The molecule has 0 aliphatic heterocycles. The molecule has 2 rings (SSSR count). The van der Waals surface area contributed by atoms with Crippen LogP contribution in [0.15, 0.2) is 53.4 Å². The summed E-state index contributed by atoms with van der Waals surface area (Å²) in [7, 11) is -2.56. The Morgan fingerprint density at radius 1 is 1.09 bits per heavy atom. The van der Waals surface area contributed by atoms with Gasteiger partial charge in [0.15, 0.2) is 5.78 Å². The summed E-state index contributed by atoms with van der Waals surface area (Å²) in [6.07, 6.45) is 0. The van der Waals surface area contributed by atoms with Crippen molar-refractivity contribution in [1.82, 2.24) is 0 Å². The highest BCUT2D eigenvalue weighted by Crippen LogP contribution is 2.23. The van der Waals surface area contributed by atoms with Gasteiger partial charge in [0.1, 0.15) is 12.4 Å². The molecule has 116 valence electrons. The number of hydrogen-bond donors (Lipinski definition) is 0. The third kappa shape index (κ3) is 3.72. The maximum Gasteiger partial charge on any atom is 0.297 e. The lowest BCUT2D eigenvalue weighted by molar-refractivity contribution is 0.0924. The molecule has 0 aromatic heterocycles. The Morgan fingerprint density at radius 3 is 2.41 bits per heavy atom. The van der Waals surface area contributed by atoms with Crippen molar-refractivity contribution in [3.63, 3.8) is 0 Å². The maximum atomic E-state index is 12.1. The fourth-order valence-corrected chi connectivity index (χ4v) is 2.75. The van der Waals surface area contributed by atoms with Crippen LogP contribution < -0.4 is 4.74 Å². The lowest BCUT2D eigenvalue weighted by atomic mass is 10.1. The Hall–Kier alpha value is -2.18. The van der Waals surface area contributed by atoms with E-state index in [0.29, 0.717) is 11.3 Å². The number of carbonyl (C=O) groups is 1. The number of ketones is 1. The van der Waals surface area contributed by atoms with Gasteiger partial charge in [0.25, 0.3) is 10.1 Å². The summed E-state index contributed by atoms with van der Waals surface area (Å²) in [6, 6.07) is 12.8. The van der Waals surface area contributed by atoms with Gasteiger partial charge in [-0.05, 0) is 18.6 Å². The highest BCUT2D eigenvalue weighted by Gasteiger charge is 2.19. The average molecular weight is 320 g/mol. The molecule has 0 amide bonds. The molecule has 0 saturated heterocycles. The Kier molecular flexibility index (Phi) is 4.95. The van der Waals surface area contributed by atoms with Crippen LogP contribution in [0.1, 0.15) is 15.9 Å². The summed E-state index contributed by atoms with van der Waals surface area (Å²) >= 11 is 0. The van der Waals surface area contributed by atoms with Crippen LogP contribution in [0.4, 0.5) is 0 Å². The number of carbonyl (C=O) groups excluding carboxylic acids is 1. The SMILES string of the molecule is COc1cc(S(=O)(=O)OCC(=O)c2ccccc2)ccc1C. The Labute approximate surface area is 129 Å². The van der Waals surface area contributed by atoms with Crippen molar-refractivity contribution in [2.24, 2.45) is 0 Å². The van der Waals surface area contributed by atoms with E-state index < -0.39 is 22.5 Å². The standard InChI is InChI=1S/C16H16O5S/c1-12-8-9-14(10-16(12)20-2)22(18,19)21-11-15(17)13-6-4-3-5-7-13/h3-10H,11H2,1-2H3. The second kappa shape index (κ2) is 6.72. The van der Waals surface area contributed by atoms with Gasteiger partial charge in [-0.25, -0.2) is 0 Å². The van der Waals surface area contributed by atoms with E-state index in [0.717, 1.165) is 5.56 Å². The number of Topliss-reactive ketones (excluding diaryl/α,β-unsaturated/α-hetero) is 1. The minimum atomic E-state index is -4.01. The topological polar surface area (TPSA) is 69.7 Å². The fourth-order valence-electron chi connectivity index (χ4n) is 1.86. The normalized spacial score (nSPS) is 11.2. The molecule has 2 aromatic carbocycles. The van der Waals surface area contributed by atoms with Crippen LogP contribution >= 0.6 is 0 Å². The summed E-state index contributed by atoms with van der Waals surface area (Å²) in [5, 5.41) is 0. The third-order valence-electron chi connectivity index (χ3n) is 3.11. The van der Waals surface area contributed by atoms with Gasteiger partial charge < -0.3 is 4.74 Å². The van der Waals surface area contributed by atoms with Gasteiger partial charge in [-0.2, -0.15) is 8.42 Å². The van der Waals surface area contributed by atoms with E-state index in [9.17, 15) is 13.2 Å². The first-order valence-electron chi connectivity index (χ1n) is 6.56. The highest BCUT2D eigenvalue weighted by atomic mass is 32.2. The van der Waals surface area contributed by atoms with E-state index >= 15 is 0 Å². The van der Waals surface area contributed by atoms with Crippen molar-refractivity contribution in [3.8, 4) is 5.75 Å². The van der Waals surface area contributed by atoms with Crippen LogP contribution in [0, 0.1) is 6.92 Å². The molecule has 6 heteroatoms. The molecule has 0 radical (unpaired) electrons. The first kappa shape index (κ1) is 16.2. The molecule has 0 heterocycles. The number of ether oxygens (including phenoxy) is 1. The zero-order valence-corrected chi connectivity index (χ0v) is 13.1. The van der Waals surface area contributed by atoms with Crippen molar-refractivity contribution < 1.29 is 22.1 Å². The maximum absolute atomic E-state index is 12.1. The van der Waals surface area contributed by atoms with Crippen LogP contribution in [-0.2, 0) is 14.3 Å². The molecular formula is C16H16O5S. The summed E-state index contributed by atoms with van der Waals surface area (Å²) in [4.78, 5) is 11.8. The fraction of sp³-hybridized carbons (Fsp3) is 0.188. The minimum Gasteiger partial charge on any atom is -0.496 e. The van der Waals surface area contributed by atoms with Gasteiger partial charge >= 0.3 is 0 Å². The molecule has 0 unspecified atom stereocenters. The second-order valence-corrected chi connectivity index (χ2v) is 6.25. The van der Waals surface area contributed by atoms with Gasteiger partial charge in [0.05, 0.1) is 12.0 Å². The Balaban J connectivity index is 2.13. The van der Waals surface area contributed by atoms with Crippen LogP contribution in [0.3, 0.4) is 0 Å². The molecule has 0 N–H and O–H groups in total. The lowest BCUT2D eigenvalue weighted by Gasteiger charge is -2.09. The largest absolute Gasteiger partial charge is 0.496 e. The Bertz CT molecular complexity index is 766. The van der Waals surface area contributed by atoms with E-state index in [2.05, 4.69) is 0 Å². The van der Waals surface area contributed by atoms with Crippen molar-refractivity contribution in [2.45, 2.75) is 11.8 Å². The number of rotatable bonds is 6. The molecule has 22 heavy (non-hydrogen) atoms. The van der Waals surface area contributed by atoms with Gasteiger partial charge in [-0.3, -0.25) is 8.98 Å². The van der Waals surface area contributed by atoms with E-state index in [4.69, 9.17) is 8.92 Å². The van der Waals surface area contributed by atoms with Crippen LogP contribution in [-0.4, -0.2) is 27.9 Å². The number of hydrogen-bond acceptors (Lipinski definition) is 5. The zero-order chi connectivity index (χ0) is 16.2. The molecule has 0 fully saturated rings. The number of methoxy groups -OCH3 is 1. The van der Waals surface area contributed by atoms with Gasteiger partial charge in [-0.15, -0.1) is 0 Å². The molecule has 0 spiro atoms. The molecular weight excluding hydrogens is 304 g/mol. The first-order valence-corrected chi connectivity index (χ1v) is 7.97. The van der Waals surface area contributed by atoms with E-state index in [1.54, 1.807) is 43.3 Å². The summed E-state index contributed by atoms with van der Waals surface area (Å²) in [5.74, 6) is 0.0438. The molecule has 5 nitrogen and oxygen atoms in total. The summed E-state index contributed by atoms with van der Waals surface area (Å²) in [5.41, 5.74) is 1.21. The van der Waals surface area contributed by atoms with Crippen LogP contribution in [0.25, 0.3) is 0 Å². The van der Waals surface area contributed by atoms with Crippen molar-refractivity contribution in [1.29, 1.82) is 0 Å². The van der Waals surface area contributed by atoms with Crippen LogP contribution in [0.5, 0.6) is 5.75 Å². The predicted molar refractivity (Wildman–Crippen MR) is 81.6 cm³/mol. The smallest absolute Gasteiger partial charge is 0.297 e. The van der Waals surface area contributed by atoms with Gasteiger partial charge in [0.2, 0.25) is 0 Å². The van der Waals surface area contributed by atoms with Crippen molar-refractivity contribution in [2.75, 3.05) is 13.7 Å².